The molecule has 0 aliphatic heterocycles. The number of benzene rings is 1. The van der Waals surface area contributed by atoms with Gasteiger partial charge in [-0.25, -0.2) is 4.79 Å². The summed E-state index contributed by atoms with van der Waals surface area (Å²) in [6, 6.07) is 7.79. The van der Waals surface area contributed by atoms with Crippen LogP contribution < -0.4 is 16.0 Å². The number of carbonyl (C=O) groups is 1. The molecule has 0 unspecified atom stereocenters. The van der Waals surface area contributed by atoms with Crippen LogP contribution in [0.2, 0.25) is 0 Å². The summed E-state index contributed by atoms with van der Waals surface area (Å²) in [6.07, 6.45) is 0.811. The van der Waals surface area contributed by atoms with Gasteiger partial charge in [0.15, 0.2) is 0 Å². The average Bonchev–Trinajstić information content (AvgIpc) is 2.51. The number of hydrogen-bond donors (Lipinski definition) is 3. The van der Waals surface area contributed by atoms with Crippen molar-refractivity contribution in [1.29, 1.82) is 0 Å². The van der Waals surface area contributed by atoms with Crippen LogP contribution in [0.25, 0.3) is 0 Å². The van der Waals surface area contributed by atoms with Crippen LogP contribution in [0.4, 0.5) is 10.5 Å². The van der Waals surface area contributed by atoms with Crippen LogP contribution in [-0.2, 0) is 16.0 Å². The van der Waals surface area contributed by atoms with E-state index in [0.717, 1.165) is 24.2 Å². The predicted molar refractivity (Wildman–Crippen MR) is 83.5 cm³/mol. The molecule has 21 heavy (non-hydrogen) atoms. The van der Waals surface area contributed by atoms with Crippen molar-refractivity contribution in [3.05, 3.63) is 29.8 Å². The van der Waals surface area contributed by atoms with E-state index in [1.54, 1.807) is 14.2 Å². The van der Waals surface area contributed by atoms with Crippen LogP contribution in [0, 0.1) is 0 Å². The van der Waals surface area contributed by atoms with Gasteiger partial charge in [0.25, 0.3) is 0 Å². The molecule has 2 amide bonds. The second kappa shape index (κ2) is 10.9. The van der Waals surface area contributed by atoms with Gasteiger partial charge in [0.1, 0.15) is 0 Å². The van der Waals surface area contributed by atoms with Crippen molar-refractivity contribution in [1.82, 2.24) is 10.6 Å². The van der Waals surface area contributed by atoms with Crippen LogP contribution in [0.1, 0.15) is 12.0 Å². The van der Waals surface area contributed by atoms with Gasteiger partial charge < -0.3 is 25.4 Å². The summed E-state index contributed by atoms with van der Waals surface area (Å²) in [5.74, 6) is 0. The summed E-state index contributed by atoms with van der Waals surface area (Å²) in [5, 5.41) is 8.83. The van der Waals surface area contributed by atoms with Gasteiger partial charge in [0.05, 0.1) is 6.61 Å². The molecule has 1 aromatic rings. The van der Waals surface area contributed by atoms with Gasteiger partial charge >= 0.3 is 6.03 Å². The molecule has 0 spiro atoms. The van der Waals surface area contributed by atoms with E-state index in [0.29, 0.717) is 26.3 Å². The minimum Gasteiger partial charge on any atom is -0.385 e. The quantitative estimate of drug-likeness (QED) is 0.573. The van der Waals surface area contributed by atoms with Crippen molar-refractivity contribution in [2.24, 2.45) is 0 Å². The Bertz CT molecular complexity index is 396. The molecule has 1 rings (SSSR count). The second-order valence-electron chi connectivity index (χ2n) is 4.57. The largest absolute Gasteiger partial charge is 0.385 e. The van der Waals surface area contributed by atoms with Gasteiger partial charge in [-0.3, -0.25) is 0 Å². The highest BCUT2D eigenvalue weighted by Crippen LogP contribution is 2.08. The number of ether oxygens (including phenoxy) is 2. The molecule has 0 fully saturated rings. The Hall–Kier alpha value is -1.79. The van der Waals surface area contributed by atoms with Gasteiger partial charge in [-0.1, -0.05) is 12.1 Å². The summed E-state index contributed by atoms with van der Waals surface area (Å²) >= 11 is 0. The SMILES string of the molecule is COCCCNC(=O)NCc1ccc(NCCOC)cc1. The zero-order chi connectivity index (χ0) is 15.3. The molecular formula is C15H25N3O3. The number of anilines is 1. The zero-order valence-corrected chi connectivity index (χ0v) is 12.8. The number of amides is 2. The second-order valence-corrected chi connectivity index (χ2v) is 4.57. The Kier molecular flexibility index (Phi) is 8.99. The third kappa shape index (κ3) is 8.16. The van der Waals surface area contributed by atoms with Crippen LogP contribution in [0.5, 0.6) is 0 Å². The fraction of sp³-hybridized carbons (Fsp3) is 0.533. The average molecular weight is 295 g/mol. The van der Waals surface area contributed by atoms with Crippen molar-refractivity contribution in [3.8, 4) is 0 Å². The predicted octanol–water partition coefficient (Wildman–Crippen LogP) is 1.58. The summed E-state index contributed by atoms with van der Waals surface area (Å²) < 4.78 is 9.89. The number of methoxy groups -OCH3 is 2. The standard InChI is InChI=1S/C15H25N3O3/c1-20-10-3-8-17-15(19)18-12-13-4-6-14(7-5-13)16-9-11-21-2/h4-7,16H,3,8-12H2,1-2H3,(H2,17,18,19). The van der Waals surface area contributed by atoms with E-state index < -0.39 is 0 Å². The van der Waals surface area contributed by atoms with Crippen LogP contribution >= 0.6 is 0 Å². The first-order valence-corrected chi connectivity index (χ1v) is 7.08. The molecule has 6 nitrogen and oxygen atoms in total. The van der Waals surface area contributed by atoms with E-state index >= 15 is 0 Å². The lowest BCUT2D eigenvalue weighted by atomic mass is 10.2. The highest BCUT2D eigenvalue weighted by molar-refractivity contribution is 5.73. The number of rotatable bonds is 10. The maximum atomic E-state index is 11.5. The summed E-state index contributed by atoms with van der Waals surface area (Å²) in [7, 11) is 3.32. The highest BCUT2D eigenvalue weighted by atomic mass is 16.5. The number of carbonyl (C=O) groups excluding carboxylic acids is 1. The number of urea groups is 1. The molecule has 0 atom stereocenters. The molecular weight excluding hydrogens is 270 g/mol. The normalized spacial score (nSPS) is 10.2. The lowest BCUT2D eigenvalue weighted by Crippen LogP contribution is -2.35. The van der Waals surface area contributed by atoms with Crippen LogP contribution in [0.15, 0.2) is 24.3 Å². The number of hydrogen-bond acceptors (Lipinski definition) is 4. The molecule has 6 heteroatoms. The Labute approximate surface area is 126 Å². The fourth-order valence-corrected chi connectivity index (χ4v) is 1.70. The van der Waals surface area contributed by atoms with Gasteiger partial charge in [0, 0.05) is 46.1 Å². The fourth-order valence-electron chi connectivity index (χ4n) is 1.70. The first-order chi connectivity index (χ1) is 10.3. The molecule has 118 valence electrons. The van der Waals surface area contributed by atoms with Crippen molar-refractivity contribution < 1.29 is 14.3 Å². The molecule has 0 heterocycles. The van der Waals surface area contributed by atoms with Crippen molar-refractivity contribution >= 4 is 11.7 Å². The lowest BCUT2D eigenvalue weighted by Gasteiger charge is -2.09. The summed E-state index contributed by atoms with van der Waals surface area (Å²) in [5.41, 5.74) is 2.10. The zero-order valence-electron chi connectivity index (χ0n) is 12.8. The van der Waals surface area contributed by atoms with Crippen molar-refractivity contribution in [3.63, 3.8) is 0 Å². The minimum atomic E-state index is -0.159. The Morgan fingerprint density at radius 1 is 1.00 bits per heavy atom. The molecule has 0 saturated carbocycles. The molecule has 0 saturated heterocycles. The topological polar surface area (TPSA) is 71.6 Å². The maximum absolute atomic E-state index is 11.5. The summed E-state index contributed by atoms with van der Waals surface area (Å²) in [6.45, 7) is 3.22. The molecule has 0 radical (unpaired) electrons. The molecule has 0 aromatic heterocycles. The van der Waals surface area contributed by atoms with Crippen LogP contribution in [0.3, 0.4) is 0 Å². The third-order valence-electron chi connectivity index (χ3n) is 2.85. The smallest absolute Gasteiger partial charge is 0.315 e. The van der Waals surface area contributed by atoms with Gasteiger partial charge in [0.2, 0.25) is 0 Å². The maximum Gasteiger partial charge on any atom is 0.315 e. The molecule has 3 N–H and O–H groups in total. The van der Waals surface area contributed by atoms with E-state index in [1.807, 2.05) is 24.3 Å². The van der Waals surface area contributed by atoms with Gasteiger partial charge in [-0.2, -0.15) is 0 Å². The first-order valence-electron chi connectivity index (χ1n) is 7.08. The Morgan fingerprint density at radius 2 is 1.71 bits per heavy atom. The first kappa shape index (κ1) is 17.3. The van der Waals surface area contributed by atoms with E-state index in [2.05, 4.69) is 16.0 Å². The number of nitrogens with one attached hydrogen (secondary N) is 3. The minimum absolute atomic E-state index is 0.159. The van der Waals surface area contributed by atoms with E-state index in [4.69, 9.17) is 9.47 Å². The van der Waals surface area contributed by atoms with Crippen LogP contribution in [-0.4, -0.2) is 46.6 Å². The monoisotopic (exact) mass is 295 g/mol. The van der Waals surface area contributed by atoms with E-state index in [1.165, 1.54) is 0 Å². The van der Waals surface area contributed by atoms with Crippen molar-refractivity contribution in [2.75, 3.05) is 45.8 Å². The van der Waals surface area contributed by atoms with Gasteiger partial charge in [-0.15, -0.1) is 0 Å². The summed E-state index contributed by atoms with van der Waals surface area (Å²) in [4.78, 5) is 11.5. The Balaban J connectivity index is 2.21. The molecule has 1 aromatic carbocycles. The lowest BCUT2D eigenvalue weighted by molar-refractivity contribution is 0.193. The van der Waals surface area contributed by atoms with E-state index in [-0.39, 0.29) is 6.03 Å². The third-order valence-corrected chi connectivity index (χ3v) is 2.85. The Morgan fingerprint density at radius 3 is 2.38 bits per heavy atom. The molecule has 0 bridgehead atoms. The molecule has 0 aliphatic rings. The molecule has 0 aliphatic carbocycles. The van der Waals surface area contributed by atoms with E-state index in [9.17, 15) is 4.79 Å². The van der Waals surface area contributed by atoms with Crippen molar-refractivity contribution in [2.45, 2.75) is 13.0 Å². The van der Waals surface area contributed by atoms with Gasteiger partial charge in [-0.05, 0) is 24.1 Å². The highest BCUT2D eigenvalue weighted by Gasteiger charge is 2.00.